The van der Waals surface area contributed by atoms with Crippen molar-refractivity contribution in [3.05, 3.63) is 75.6 Å². The zero-order valence-corrected chi connectivity index (χ0v) is 16.4. The number of allylic oxidation sites excluding steroid dienone is 1. The first-order valence-corrected chi connectivity index (χ1v) is 9.41. The minimum absolute atomic E-state index is 0.158. The van der Waals surface area contributed by atoms with Crippen LogP contribution in [0.1, 0.15) is 23.1 Å². The van der Waals surface area contributed by atoms with Crippen LogP contribution in [0.4, 0.5) is 22.0 Å². The summed E-state index contributed by atoms with van der Waals surface area (Å²) in [6.07, 6.45) is -4.80. The van der Waals surface area contributed by atoms with Gasteiger partial charge in [-0.2, -0.15) is 18.4 Å². The fraction of sp³-hybridized carbons (Fsp3) is 0.0952. The van der Waals surface area contributed by atoms with Crippen LogP contribution in [0.25, 0.3) is 22.6 Å². The summed E-state index contributed by atoms with van der Waals surface area (Å²) in [6, 6.07) is 9.13. The van der Waals surface area contributed by atoms with Crippen LogP contribution in [0.2, 0.25) is 0 Å². The van der Waals surface area contributed by atoms with Gasteiger partial charge in [0.15, 0.2) is 5.76 Å². The average molecular weight is 450 g/mol. The number of rotatable bonds is 4. The SMILES string of the molecule is CC(=O)O/C(=C(/C#N)c1nc(-c2c(F)cccc2F)cs1)c1ccccc1C(F)(F)F. The van der Waals surface area contributed by atoms with Crippen molar-refractivity contribution in [2.75, 3.05) is 0 Å². The number of alkyl halides is 3. The number of nitrogens with zero attached hydrogens (tertiary/aromatic N) is 2. The number of carbonyl (C=O) groups excluding carboxylic acids is 1. The van der Waals surface area contributed by atoms with E-state index in [4.69, 9.17) is 4.74 Å². The highest BCUT2D eigenvalue weighted by Crippen LogP contribution is 2.39. The Kier molecular flexibility index (Phi) is 6.17. The van der Waals surface area contributed by atoms with E-state index < -0.39 is 51.8 Å². The number of hydrogen-bond donors (Lipinski definition) is 0. The quantitative estimate of drug-likeness (QED) is 0.210. The van der Waals surface area contributed by atoms with Crippen molar-refractivity contribution in [3.8, 4) is 17.3 Å². The van der Waals surface area contributed by atoms with Gasteiger partial charge in [-0.15, -0.1) is 11.3 Å². The van der Waals surface area contributed by atoms with Crippen LogP contribution < -0.4 is 0 Å². The highest BCUT2D eigenvalue weighted by molar-refractivity contribution is 7.11. The molecule has 4 nitrogen and oxygen atoms in total. The average Bonchev–Trinajstić information content (AvgIpc) is 3.16. The monoisotopic (exact) mass is 450 g/mol. The molecule has 1 aromatic heterocycles. The molecule has 0 bridgehead atoms. The molecule has 0 atom stereocenters. The number of esters is 1. The Bertz CT molecular complexity index is 1200. The van der Waals surface area contributed by atoms with E-state index in [9.17, 15) is 32.0 Å². The van der Waals surface area contributed by atoms with Gasteiger partial charge in [-0.1, -0.05) is 24.3 Å². The molecule has 0 aliphatic carbocycles. The van der Waals surface area contributed by atoms with Crippen LogP contribution in [-0.4, -0.2) is 11.0 Å². The van der Waals surface area contributed by atoms with Crippen LogP contribution in [-0.2, 0) is 15.7 Å². The van der Waals surface area contributed by atoms with Crippen molar-refractivity contribution < 1.29 is 31.5 Å². The van der Waals surface area contributed by atoms with E-state index in [1.54, 1.807) is 6.07 Å². The Hall–Kier alpha value is -3.58. The fourth-order valence-corrected chi connectivity index (χ4v) is 3.56. The molecule has 3 aromatic rings. The summed E-state index contributed by atoms with van der Waals surface area (Å²) in [5.74, 6) is -3.42. The minimum Gasteiger partial charge on any atom is -0.425 e. The Morgan fingerprint density at radius 2 is 1.74 bits per heavy atom. The molecule has 0 unspecified atom stereocenters. The van der Waals surface area contributed by atoms with Crippen molar-refractivity contribution in [1.82, 2.24) is 4.98 Å². The number of benzene rings is 2. The van der Waals surface area contributed by atoms with Crippen molar-refractivity contribution in [1.29, 1.82) is 5.26 Å². The summed E-state index contributed by atoms with van der Waals surface area (Å²) < 4.78 is 73.6. The molecule has 0 aliphatic heterocycles. The lowest BCUT2D eigenvalue weighted by Gasteiger charge is -2.15. The predicted molar refractivity (Wildman–Crippen MR) is 103 cm³/mol. The summed E-state index contributed by atoms with van der Waals surface area (Å²) in [5, 5.41) is 10.7. The molecule has 31 heavy (non-hydrogen) atoms. The van der Waals surface area contributed by atoms with Gasteiger partial charge in [-0.05, 0) is 18.2 Å². The third kappa shape index (κ3) is 4.62. The third-order valence-corrected chi connectivity index (χ3v) is 4.86. The summed E-state index contributed by atoms with van der Waals surface area (Å²) in [4.78, 5) is 15.6. The Morgan fingerprint density at radius 3 is 2.32 bits per heavy atom. The van der Waals surface area contributed by atoms with Gasteiger partial charge in [0.2, 0.25) is 0 Å². The second-order valence-electron chi connectivity index (χ2n) is 6.09. The van der Waals surface area contributed by atoms with E-state index >= 15 is 0 Å². The molecule has 3 rings (SSSR count). The molecule has 0 aliphatic rings. The standard InChI is InChI=1S/C21H11F5N2O2S/c1-11(29)30-19(12-5-2-3-6-14(12)21(24,25)26)13(9-27)20-28-17(10-31-20)18-15(22)7-4-8-16(18)23/h2-8,10H,1H3/b19-13-. The van der Waals surface area contributed by atoms with E-state index in [0.717, 1.165) is 54.7 Å². The van der Waals surface area contributed by atoms with Gasteiger partial charge in [-0.3, -0.25) is 4.79 Å². The van der Waals surface area contributed by atoms with E-state index in [0.29, 0.717) is 0 Å². The van der Waals surface area contributed by atoms with E-state index in [-0.39, 0.29) is 10.7 Å². The topological polar surface area (TPSA) is 63.0 Å². The third-order valence-electron chi connectivity index (χ3n) is 4.00. The van der Waals surface area contributed by atoms with Crippen molar-refractivity contribution in [2.24, 2.45) is 0 Å². The number of ether oxygens (including phenoxy) is 1. The zero-order chi connectivity index (χ0) is 22.8. The fourth-order valence-electron chi connectivity index (χ4n) is 2.75. The van der Waals surface area contributed by atoms with Gasteiger partial charge in [0.1, 0.15) is 28.3 Å². The largest absolute Gasteiger partial charge is 0.425 e. The molecule has 2 aromatic carbocycles. The lowest BCUT2D eigenvalue weighted by molar-refractivity contribution is -0.139. The molecular weight excluding hydrogens is 439 g/mol. The van der Waals surface area contributed by atoms with Crippen molar-refractivity contribution in [2.45, 2.75) is 13.1 Å². The van der Waals surface area contributed by atoms with Crippen LogP contribution in [0.3, 0.4) is 0 Å². The van der Waals surface area contributed by atoms with Crippen LogP contribution in [0.5, 0.6) is 0 Å². The molecule has 0 fully saturated rings. The highest BCUT2D eigenvalue weighted by atomic mass is 32.1. The first-order valence-electron chi connectivity index (χ1n) is 8.53. The molecule has 0 saturated carbocycles. The number of halogens is 5. The summed E-state index contributed by atoms with van der Waals surface area (Å²) in [6.45, 7) is 0.965. The second-order valence-corrected chi connectivity index (χ2v) is 6.95. The maximum atomic E-state index is 14.1. The molecule has 0 N–H and O–H groups in total. The number of nitriles is 1. The van der Waals surface area contributed by atoms with Crippen LogP contribution in [0, 0.1) is 23.0 Å². The van der Waals surface area contributed by atoms with Gasteiger partial charge in [0, 0.05) is 17.9 Å². The molecule has 1 heterocycles. The maximum Gasteiger partial charge on any atom is 0.417 e. The number of thiazole rings is 1. The lowest BCUT2D eigenvalue weighted by Crippen LogP contribution is -2.11. The summed E-state index contributed by atoms with van der Waals surface area (Å²) in [7, 11) is 0. The summed E-state index contributed by atoms with van der Waals surface area (Å²) >= 11 is 0.761. The highest BCUT2D eigenvalue weighted by Gasteiger charge is 2.35. The Labute approximate surface area is 176 Å². The molecule has 0 radical (unpaired) electrons. The number of carbonyl (C=O) groups is 1. The number of aromatic nitrogens is 1. The lowest BCUT2D eigenvalue weighted by atomic mass is 10.0. The van der Waals surface area contributed by atoms with Gasteiger partial charge in [-0.25, -0.2) is 13.8 Å². The first-order chi connectivity index (χ1) is 14.6. The first kappa shape index (κ1) is 22.1. The van der Waals surface area contributed by atoms with Crippen molar-refractivity contribution in [3.63, 3.8) is 0 Å². The smallest absolute Gasteiger partial charge is 0.417 e. The molecular formula is C21H11F5N2O2S. The molecule has 158 valence electrons. The maximum absolute atomic E-state index is 14.1. The van der Waals surface area contributed by atoms with Crippen LogP contribution >= 0.6 is 11.3 Å². The molecule has 0 spiro atoms. The normalized spacial score (nSPS) is 12.2. The summed E-state index contributed by atoms with van der Waals surface area (Å²) in [5.41, 5.74) is -2.77. The molecule has 10 heteroatoms. The number of hydrogen-bond acceptors (Lipinski definition) is 5. The molecule has 0 saturated heterocycles. The van der Waals surface area contributed by atoms with Gasteiger partial charge < -0.3 is 4.74 Å². The van der Waals surface area contributed by atoms with E-state index in [1.165, 1.54) is 11.4 Å². The van der Waals surface area contributed by atoms with Gasteiger partial charge in [0.25, 0.3) is 0 Å². The minimum atomic E-state index is -4.80. The molecule has 0 amide bonds. The Morgan fingerprint density at radius 1 is 1.10 bits per heavy atom. The Balaban J connectivity index is 2.24. The van der Waals surface area contributed by atoms with Crippen LogP contribution in [0.15, 0.2) is 47.8 Å². The van der Waals surface area contributed by atoms with E-state index in [2.05, 4.69) is 4.98 Å². The van der Waals surface area contributed by atoms with Crippen molar-refractivity contribution >= 4 is 28.6 Å². The van der Waals surface area contributed by atoms with Gasteiger partial charge >= 0.3 is 12.1 Å². The second kappa shape index (κ2) is 8.65. The van der Waals surface area contributed by atoms with Gasteiger partial charge in [0.05, 0.1) is 16.8 Å². The zero-order valence-electron chi connectivity index (χ0n) is 15.6. The predicted octanol–water partition coefficient (Wildman–Crippen LogP) is 6.06. The van der Waals surface area contributed by atoms with E-state index in [1.807, 2.05) is 0 Å².